The number of thioether (sulfide) groups is 1. The van der Waals surface area contributed by atoms with Gasteiger partial charge in [-0.1, -0.05) is 18.2 Å². The number of aliphatic carboxylic acids is 1. The van der Waals surface area contributed by atoms with E-state index in [4.69, 9.17) is 0 Å². The molecule has 0 radical (unpaired) electrons. The summed E-state index contributed by atoms with van der Waals surface area (Å²) >= 11 is 1.60. The molecule has 0 amide bonds. The van der Waals surface area contributed by atoms with Gasteiger partial charge in [-0.3, -0.25) is 0 Å². The second-order valence-corrected chi connectivity index (χ2v) is 6.12. The van der Waals surface area contributed by atoms with E-state index in [9.17, 15) is 15.1 Å². The summed E-state index contributed by atoms with van der Waals surface area (Å²) in [5.74, 6) is -0.192. The highest BCUT2D eigenvalue weighted by Crippen LogP contribution is 2.26. The fourth-order valence-electron chi connectivity index (χ4n) is 2.78. The second-order valence-electron chi connectivity index (χ2n) is 5.14. The summed E-state index contributed by atoms with van der Waals surface area (Å²) in [6.07, 6.45) is 3.76. The number of hydrogen-bond donors (Lipinski definition) is 1. The van der Waals surface area contributed by atoms with Crippen molar-refractivity contribution < 1.29 is 14.6 Å². The smallest absolute Gasteiger partial charge is 0.349 e. The summed E-state index contributed by atoms with van der Waals surface area (Å²) in [7, 11) is 0. The molecule has 1 aromatic heterocycles. The lowest BCUT2D eigenvalue weighted by atomic mass is 10.1. The maximum absolute atomic E-state index is 12.3. The normalized spacial score (nSPS) is 12.8. The zero-order chi connectivity index (χ0) is 15.7. The number of fused-ring (bicyclic) bond motifs is 3. The summed E-state index contributed by atoms with van der Waals surface area (Å²) < 4.78 is 2.35. The molecule has 114 valence electrons. The molecule has 0 aliphatic heterocycles. The van der Waals surface area contributed by atoms with Gasteiger partial charge in [0.2, 0.25) is 6.33 Å². The number of rotatable bonds is 5. The highest BCUT2D eigenvalue weighted by atomic mass is 32.2. The van der Waals surface area contributed by atoms with Crippen molar-refractivity contribution in [3.8, 4) is 0 Å². The van der Waals surface area contributed by atoms with Crippen LogP contribution in [-0.2, 0) is 4.79 Å². The predicted octanol–water partition coefficient (Wildman–Crippen LogP) is 2.81. The standard InChI is InChI=1S/C16H16N2O3S/c1-22-9-8-14(16(19)20)17-10-18(21)15-12-5-3-2-4-11(12)6-7-13(15)17/h2-7,10,14H,8-9H2,1H3,(H,19,20). The van der Waals surface area contributed by atoms with Gasteiger partial charge in [-0.05, 0) is 35.6 Å². The topological polar surface area (TPSA) is 69.2 Å². The summed E-state index contributed by atoms with van der Waals surface area (Å²) in [4.78, 5) is 11.6. The van der Waals surface area contributed by atoms with Crippen molar-refractivity contribution in [2.45, 2.75) is 12.5 Å². The van der Waals surface area contributed by atoms with E-state index in [-0.39, 0.29) is 0 Å². The Kier molecular flexibility index (Phi) is 3.94. The van der Waals surface area contributed by atoms with Gasteiger partial charge in [0.25, 0.3) is 0 Å². The van der Waals surface area contributed by atoms with Crippen LogP contribution in [0.3, 0.4) is 0 Å². The maximum Gasteiger partial charge on any atom is 0.349 e. The van der Waals surface area contributed by atoms with E-state index >= 15 is 0 Å². The van der Waals surface area contributed by atoms with Crippen molar-refractivity contribution in [2.24, 2.45) is 0 Å². The molecule has 1 N–H and O–H groups in total. The van der Waals surface area contributed by atoms with E-state index < -0.39 is 12.0 Å². The van der Waals surface area contributed by atoms with E-state index in [0.717, 1.165) is 21.3 Å². The minimum absolute atomic E-state index is 0.479. The summed E-state index contributed by atoms with van der Waals surface area (Å²) in [5, 5.41) is 23.6. The number of carboxylic acids is 1. The molecular formula is C16H16N2O3S. The van der Waals surface area contributed by atoms with E-state index in [1.807, 2.05) is 42.7 Å². The van der Waals surface area contributed by atoms with E-state index in [1.165, 1.54) is 6.33 Å². The SMILES string of the molecule is CSCCC(C(=O)O)n1c[n+]([O-])c2c3ccccc3ccc21. The molecule has 1 unspecified atom stereocenters. The number of carbonyl (C=O) groups is 1. The number of carboxylic acid groups (broad SMARTS) is 1. The Bertz CT molecular complexity index is 844. The number of aromatic nitrogens is 2. The molecule has 22 heavy (non-hydrogen) atoms. The van der Waals surface area contributed by atoms with E-state index in [2.05, 4.69) is 0 Å². The molecule has 3 rings (SSSR count). The first-order chi connectivity index (χ1) is 10.6. The zero-order valence-electron chi connectivity index (χ0n) is 12.1. The van der Waals surface area contributed by atoms with Crippen LogP contribution in [-0.4, -0.2) is 27.7 Å². The summed E-state index contributed by atoms with van der Waals surface area (Å²) in [5.41, 5.74) is 1.18. The van der Waals surface area contributed by atoms with E-state index in [0.29, 0.717) is 17.5 Å². The highest BCUT2D eigenvalue weighted by molar-refractivity contribution is 7.98. The van der Waals surface area contributed by atoms with Crippen LogP contribution in [0.15, 0.2) is 42.7 Å². The van der Waals surface area contributed by atoms with Crippen molar-refractivity contribution in [3.05, 3.63) is 47.9 Å². The van der Waals surface area contributed by atoms with Gasteiger partial charge in [0, 0.05) is 11.8 Å². The van der Waals surface area contributed by atoms with Gasteiger partial charge < -0.3 is 10.3 Å². The first-order valence-corrected chi connectivity index (χ1v) is 8.36. The van der Waals surface area contributed by atoms with Crippen LogP contribution in [0.1, 0.15) is 12.5 Å². The van der Waals surface area contributed by atoms with Crippen LogP contribution in [0.25, 0.3) is 21.8 Å². The molecule has 0 fully saturated rings. The van der Waals surface area contributed by atoms with Crippen LogP contribution in [0.2, 0.25) is 0 Å². The minimum atomic E-state index is -0.917. The first kappa shape index (κ1) is 14.7. The maximum atomic E-state index is 12.3. The molecule has 0 saturated heterocycles. The fraction of sp³-hybridized carbons (Fsp3) is 0.250. The Balaban J connectivity index is 2.22. The molecule has 0 bridgehead atoms. The van der Waals surface area contributed by atoms with E-state index in [1.54, 1.807) is 16.3 Å². The lowest BCUT2D eigenvalue weighted by Gasteiger charge is -2.09. The van der Waals surface area contributed by atoms with Crippen molar-refractivity contribution >= 4 is 39.5 Å². The van der Waals surface area contributed by atoms with Gasteiger partial charge in [0.1, 0.15) is 0 Å². The fourth-order valence-corrected chi connectivity index (χ4v) is 3.23. The zero-order valence-corrected chi connectivity index (χ0v) is 12.9. The van der Waals surface area contributed by atoms with Gasteiger partial charge in [-0.15, -0.1) is 0 Å². The number of hydrogen-bond acceptors (Lipinski definition) is 3. The highest BCUT2D eigenvalue weighted by Gasteiger charge is 2.28. The van der Waals surface area contributed by atoms with Crippen LogP contribution in [0.4, 0.5) is 0 Å². The molecular weight excluding hydrogens is 300 g/mol. The van der Waals surface area contributed by atoms with Gasteiger partial charge in [-0.25, -0.2) is 14.1 Å². The number of imidazole rings is 1. The van der Waals surface area contributed by atoms with Crippen LogP contribution >= 0.6 is 11.8 Å². The number of benzene rings is 2. The Morgan fingerprint density at radius 1 is 1.36 bits per heavy atom. The second kappa shape index (κ2) is 5.88. The average molecular weight is 316 g/mol. The monoisotopic (exact) mass is 316 g/mol. The lowest BCUT2D eigenvalue weighted by Crippen LogP contribution is -2.25. The van der Waals surface area contributed by atoms with Gasteiger partial charge in [-0.2, -0.15) is 11.8 Å². The summed E-state index contributed by atoms with van der Waals surface area (Å²) in [6.45, 7) is 0. The predicted molar refractivity (Wildman–Crippen MR) is 88.1 cm³/mol. The third kappa shape index (κ3) is 2.39. The molecule has 6 heteroatoms. The van der Waals surface area contributed by atoms with Crippen molar-refractivity contribution in [1.82, 2.24) is 4.57 Å². The Morgan fingerprint density at radius 3 is 2.86 bits per heavy atom. The molecule has 0 spiro atoms. The molecule has 0 saturated carbocycles. The van der Waals surface area contributed by atoms with Crippen molar-refractivity contribution in [2.75, 3.05) is 12.0 Å². The quantitative estimate of drug-likeness (QED) is 0.580. The first-order valence-electron chi connectivity index (χ1n) is 6.96. The largest absolute Gasteiger partial charge is 0.710 e. The average Bonchev–Trinajstić information content (AvgIpc) is 2.85. The van der Waals surface area contributed by atoms with Crippen molar-refractivity contribution in [1.29, 1.82) is 0 Å². The molecule has 1 atom stereocenters. The minimum Gasteiger partial charge on any atom is -0.710 e. The molecule has 3 aromatic rings. The summed E-state index contributed by atoms with van der Waals surface area (Å²) in [6, 6.07) is 10.6. The van der Waals surface area contributed by atoms with Gasteiger partial charge in [0.15, 0.2) is 17.1 Å². The van der Waals surface area contributed by atoms with Crippen LogP contribution in [0, 0.1) is 5.21 Å². The molecule has 0 aliphatic carbocycles. The third-order valence-corrected chi connectivity index (χ3v) is 4.47. The Labute approximate surface area is 131 Å². The molecule has 0 aliphatic rings. The Hall–Kier alpha value is -2.21. The molecule has 5 nitrogen and oxygen atoms in total. The van der Waals surface area contributed by atoms with Crippen LogP contribution < -0.4 is 4.73 Å². The van der Waals surface area contributed by atoms with Gasteiger partial charge in [0.05, 0.1) is 0 Å². The van der Waals surface area contributed by atoms with Crippen LogP contribution in [0.5, 0.6) is 0 Å². The molecule has 2 aromatic carbocycles. The third-order valence-electron chi connectivity index (χ3n) is 3.82. The number of nitrogens with zero attached hydrogens (tertiary/aromatic N) is 2. The van der Waals surface area contributed by atoms with Gasteiger partial charge >= 0.3 is 5.97 Å². The van der Waals surface area contributed by atoms with Crippen molar-refractivity contribution in [3.63, 3.8) is 0 Å². The lowest BCUT2D eigenvalue weighted by molar-refractivity contribution is -0.577. The Morgan fingerprint density at radius 2 is 2.14 bits per heavy atom. The molecule has 1 heterocycles.